The number of carbonyl (C=O) groups is 2. The van der Waals surface area contributed by atoms with Crippen molar-refractivity contribution >= 4 is 46.4 Å². The second kappa shape index (κ2) is 7.59. The van der Waals surface area contributed by atoms with Crippen LogP contribution in [0.25, 0.3) is 0 Å². The van der Waals surface area contributed by atoms with Crippen molar-refractivity contribution in [2.24, 2.45) is 0 Å². The third-order valence-electron chi connectivity index (χ3n) is 3.05. The van der Waals surface area contributed by atoms with E-state index in [4.69, 9.17) is 23.2 Å². The van der Waals surface area contributed by atoms with Gasteiger partial charge in [0.05, 0.1) is 5.69 Å². The van der Waals surface area contributed by atoms with Gasteiger partial charge in [-0.05, 0) is 30.3 Å². The maximum Gasteiger partial charge on any atom is 0.244 e. The highest BCUT2D eigenvalue weighted by atomic mass is 35.5. The molecule has 0 saturated heterocycles. The second-order valence-corrected chi connectivity index (χ2v) is 5.78. The fourth-order valence-electron chi connectivity index (χ4n) is 2.00. The van der Waals surface area contributed by atoms with Crippen molar-refractivity contribution in [3.8, 4) is 0 Å². The van der Waals surface area contributed by atoms with Crippen LogP contribution in [0.2, 0.25) is 10.0 Å². The standard InChI is InChI=1S/C16H12Cl2F2N2O2/c1-9(23)22(13-5-10(17)4-11(18)6-13)8-16(24)21-15-3-2-12(19)7-14(15)20/h2-7H,8H2,1H3,(H,21,24). The van der Waals surface area contributed by atoms with E-state index in [1.807, 2.05) is 0 Å². The molecule has 0 saturated carbocycles. The third-order valence-corrected chi connectivity index (χ3v) is 3.48. The molecule has 0 fully saturated rings. The van der Waals surface area contributed by atoms with Crippen LogP contribution in [-0.4, -0.2) is 18.4 Å². The number of hydrogen-bond donors (Lipinski definition) is 1. The minimum atomic E-state index is -0.913. The zero-order valence-electron chi connectivity index (χ0n) is 12.4. The topological polar surface area (TPSA) is 49.4 Å². The van der Waals surface area contributed by atoms with E-state index in [0.717, 1.165) is 17.0 Å². The first-order valence-electron chi connectivity index (χ1n) is 6.75. The van der Waals surface area contributed by atoms with Crippen molar-refractivity contribution < 1.29 is 18.4 Å². The molecule has 2 aromatic rings. The highest BCUT2D eigenvalue weighted by molar-refractivity contribution is 6.35. The SMILES string of the molecule is CC(=O)N(CC(=O)Nc1ccc(F)cc1F)c1cc(Cl)cc(Cl)c1. The van der Waals surface area contributed by atoms with Crippen molar-refractivity contribution in [1.29, 1.82) is 0 Å². The van der Waals surface area contributed by atoms with E-state index in [1.165, 1.54) is 25.1 Å². The average molecular weight is 373 g/mol. The van der Waals surface area contributed by atoms with Crippen LogP contribution in [0.15, 0.2) is 36.4 Å². The van der Waals surface area contributed by atoms with Gasteiger partial charge in [-0.1, -0.05) is 23.2 Å². The Balaban J connectivity index is 2.18. The molecule has 0 aliphatic carbocycles. The highest BCUT2D eigenvalue weighted by Gasteiger charge is 2.18. The molecular formula is C16H12Cl2F2N2O2. The summed E-state index contributed by atoms with van der Waals surface area (Å²) >= 11 is 11.8. The predicted molar refractivity (Wildman–Crippen MR) is 89.5 cm³/mol. The van der Waals surface area contributed by atoms with Crippen LogP contribution in [0.1, 0.15) is 6.92 Å². The number of nitrogens with zero attached hydrogens (tertiary/aromatic N) is 1. The van der Waals surface area contributed by atoms with Gasteiger partial charge in [0.2, 0.25) is 11.8 Å². The lowest BCUT2D eigenvalue weighted by Gasteiger charge is -2.21. The van der Waals surface area contributed by atoms with Crippen LogP contribution in [-0.2, 0) is 9.59 Å². The molecule has 8 heteroatoms. The first kappa shape index (κ1) is 18.2. The summed E-state index contributed by atoms with van der Waals surface area (Å²) in [5.41, 5.74) is 0.142. The molecule has 0 radical (unpaired) electrons. The van der Waals surface area contributed by atoms with Crippen molar-refractivity contribution in [3.05, 3.63) is 58.1 Å². The van der Waals surface area contributed by atoms with E-state index >= 15 is 0 Å². The molecule has 0 aliphatic heterocycles. The molecular weight excluding hydrogens is 361 g/mol. The van der Waals surface area contributed by atoms with Gasteiger partial charge in [0, 0.05) is 28.7 Å². The zero-order valence-corrected chi connectivity index (χ0v) is 14.0. The number of halogens is 4. The molecule has 0 aliphatic rings. The summed E-state index contributed by atoms with van der Waals surface area (Å²) in [5, 5.41) is 2.88. The largest absolute Gasteiger partial charge is 0.322 e. The number of nitrogens with one attached hydrogen (secondary N) is 1. The number of hydrogen-bond acceptors (Lipinski definition) is 2. The first-order chi connectivity index (χ1) is 11.3. The smallest absolute Gasteiger partial charge is 0.244 e. The summed E-state index contributed by atoms with van der Waals surface area (Å²) in [7, 11) is 0. The predicted octanol–water partition coefficient (Wildman–Crippen LogP) is 4.26. The summed E-state index contributed by atoms with van der Waals surface area (Å²) in [4.78, 5) is 25.0. The van der Waals surface area contributed by atoms with E-state index < -0.39 is 23.4 Å². The molecule has 24 heavy (non-hydrogen) atoms. The van der Waals surface area contributed by atoms with Crippen LogP contribution in [0.5, 0.6) is 0 Å². The van der Waals surface area contributed by atoms with Crippen molar-refractivity contribution in [2.45, 2.75) is 6.92 Å². The van der Waals surface area contributed by atoms with Gasteiger partial charge in [0.1, 0.15) is 18.2 Å². The van der Waals surface area contributed by atoms with Gasteiger partial charge in [0.15, 0.2) is 0 Å². The Bertz CT molecular complexity index is 779. The van der Waals surface area contributed by atoms with E-state index in [0.29, 0.717) is 21.8 Å². The van der Waals surface area contributed by atoms with Gasteiger partial charge in [0.25, 0.3) is 0 Å². The number of anilines is 2. The Labute approximate surface area is 147 Å². The molecule has 2 amide bonds. The number of benzene rings is 2. The molecule has 0 spiro atoms. The Morgan fingerprint density at radius 2 is 1.71 bits per heavy atom. The molecule has 2 rings (SSSR count). The van der Waals surface area contributed by atoms with E-state index in [-0.39, 0.29) is 12.2 Å². The summed E-state index contributed by atoms with van der Waals surface area (Å²) in [5.74, 6) is -2.76. The molecule has 0 bridgehead atoms. The summed E-state index contributed by atoms with van der Waals surface area (Å²) < 4.78 is 26.4. The van der Waals surface area contributed by atoms with Crippen molar-refractivity contribution in [1.82, 2.24) is 0 Å². The fraction of sp³-hybridized carbons (Fsp3) is 0.125. The van der Waals surface area contributed by atoms with Gasteiger partial charge < -0.3 is 10.2 Å². The Morgan fingerprint density at radius 1 is 1.08 bits per heavy atom. The van der Waals surface area contributed by atoms with Crippen LogP contribution in [0.3, 0.4) is 0 Å². The minimum Gasteiger partial charge on any atom is -0.322 e. The summed E-state index contributed by atoms with van der Waals surface area (Å²) in [6.07, 6.45) is 0. The Morgan fingerprint density at radius 3 is 2.25 bits per heavy atom. The average Bonchev–Trinajstić information content (AvgIpc) is 2.46. The van der Waals surface area contributed by atoms with Crippen molar-refractivity contribution in [2.75, 3.05) is 16.8 Å². The van der Waals surface area contributed by atoms with Crippen LogP contribution in [0.4, 0.5) is 20.2 Å². The molecule has 0 atom stereocenters. The lowest BCUT2D eigenvalue weighted by atomic mass is 10.2. The first-order valence-corrected chi connectivity index (χ1v) is 7.51. The van der Waals surface area contributed by atoms with Crippen LogP contribution < -0.4 is 10.2 Å². The maximum atomic E-state index is 13.6. The number of carbonyl (C=O) groups excluding carboxylic acids is 2. The molecule has 4 nitrogen and oxygen atoms in total. The Hall–Kier alpha value is -2.18. The minimum absolute atomic E-state index is 0.186. The van der Waals surface area contributed by atoms with Gasteiger partial charge in [-0.2, -0.15) is 0 Å². The zero-order chi connectivity index (χ0) is 17.9. The third kappa shape index (κ3) is 4.66. The van der Waals surface area contributed by atoms with Crippen molar-refractivity contribution in [3.63, 3.8) is 0 Å². The number of amides is 2. The summed E-state index contributed by atoms with van der Waals surface area (Å²) in [6.45, 7) is 0.878. The monoisotopic (exact) mass is 372 g/mol. The maximum absolute atomic E-state index is 13.6. The second-order valence-electron chi connectivity index (χ2n) is 4.91. The quantitative estimate of drug-likeness (QED) is 0.871. The van der Waals surface area contributed by atoms with Gasteiger partial charge in [-0.15, -0.1) is 0 Å². The van der Waals surface area contributed by atoms with Gasteiger partial charge >= 0.3 is 0 Å². The van der Waals surface area contributed by atoms with Crippen LogP contribution in [0, 0.1) is 11.6 Å². The van der Waals surface area contributed by atoms with Gasteiger partial charge in [-0.25, -0.2) is 8.78 Å². The summed E-state index contributed by atoms with van der Waals surface area (Å²) in [6, 6.07) is 7.18. The fourth-order valence-corrected chi connectivity index (χ4v) is 2.52. The van der Waals surface area contributed by atoms with E-state index in [1.54, 1.807) is 0 Å². The lowest BCUT2D eigenvalue weighted by molar-refractivity contribution is -0.120. The van der Waals surface area contributed by atoms with E-state index in [9.17, 15) is 18.4 Å². The molecule has 2 aromatic carbocycles. The molecule has 0 aromatic heterocycles. The Kier molecular flexibility index (Phi) is 5.75. The normalized spacial score (nSPS) is 10.4. The lowest BCUT2D eigenvalue weighted by Crippen LogP contribution is -2.36. The molecule has 0 heterocycles. The molecule has 1 N–H and O–H groups in total. The number of rotatable bonds is 4. The molecule has 0 unspecified atom stereocenters. The molecule has 126 valence electrons. The van der Waals surface area contributed by atoms with Crippen LogP contribution >= 0.6 is 23.2 Å². The highest BCUT2D eigenvalue weighted by Crippen LogP contribution is 2.25. The van der Waals surface area contributed by atoms with E-state index in [2.05, 4.69) is 5.32 Å². The van der Waals surface area contributed by atoms with Gasteiger partial charge in [-0.3, -0.25) is 9.59 Å².